The van der Waals surface area contributed by atoms with E-state index in [0.717, 1.165) is 17.5 Å². The third-order valence-electron chi connectivity index (χ3n) is 1.79. The zero-order chi connectivity index (χ0) is 8.97. The summed E-state index contributed by atoms with van der Waals surface area (Å²) in [6.45, 7) is 2.05. The van der Waals surface area contributed by atoms with Gasteiger partial charge in [0.2, 0.25) is 0 Å². The molecule has 1 nitrogen and oxygen atoms in total. The van der Waals surface area contributed by atoms with Gasteiger partial charge in [-0.2, -0.15) is 0 Å². The van der Waals surface area contributed by atoms with Crippen LogP contribution in [0.25, 0.3) is 0 Å². The van der Waals surface area contributed by atoms with E-state index in [1.165, 1.54) is 0 Å². The summed E-state index contributed by atoms with van der Waals surface area (Å²) in [6, 6.07) is 7.82. The second kappa shape index (κ2) is 4.48. The number of aliphatic hydroxyl groups is 1. The van der Waals surface area contributed by atoms with Crippen LogP contribution in [0.2, 0.25) is 0 Å². The van der Waals surface area contributed by atoms with Crippen LogP contribution in [0.5, 0.6) is 0 Å². The monoisotopic (exact) mass is 184 g/mol. The Morgan fingerprint density at radius 3 is 2.42 bits per heavy atom. The quantitative estimate of drug-likeness (QED) is 0.716. The summed E-state index contributed by atoms with van der Waals surface area (Å²) in [5.74, 6) is 0. The van der Waals surface area contributed by atoms with Gasteiger partial charge in [-0.25, -0.2) is 0 Å². The molecule has 0 saturated heterocycles. The average Bonchev–Trinajstić information content (AvgIpc) is 2.04. The third kappa shape index (κ3) is 2.50. The molecule has 0 aliphatic heterocycles. The van der Waals surface area contributed by atoms with Crippen molar-refractivity contribution < 1.29 is 5.11 Å². The minimum absolute atomic E-state index is 0.0970. The Balaban J connectivity index is 2.82. The lowest BCUT2D eigenvalue weighted by molar-refractivity contribution is 0.280. The highest BCUT2D eigenvalue weighted by Gasteiger charge is 2.03. The molecule has 0 aliphatic rings. The molecule has 1 aromatic rings. The summed E-state index contributed by atoms with van der Waals surface area (Å²) in [6.07, 6.45) is 0.818. The van der Waals surface area contributed by atoms with Gasteiger partial charge in [0.25, 0.3) is 0 Å². The van der Waals surface area contributed by atoms with Crippen molar-refractivity contribution in [1.29, 1.82) is 0 Å². The summed E-state index contributed by atoms with van der Waals surface area (Å²) >= 11 is 5.86. The molecule has 0 bridgehead atoms. The van der Waals surface area contributed by atoms with Crippen molar-refractivity contribution in [3.63, 3.8) is 0 Å². The van der Waals surface area contributed by atoms with Crippen molar-refractivity contribution in [2.75, 3.05) is 0 Å². The van der Waals surface area contributed by atoms with Crippen molar-refractivity contribution in [2.45, 2.75) is 25.3 Å². The van der Waals surface area contributed by atoms with Gasteiger partial charge >= 0.3 is 0 Å². The smallest absolute Gasteiger partial charge is 0.0684 e. The van der Waals surface area contributed by atoms with Gasteiger partial charge in [-0.05, 0) is 24.5 Å². The topological polar surface area (TPSA) is 20.2 Å². The van der Waals surface area contributed by atoms with Crippen LogP contribution in [-0.2, 0) is 13.0 Å². The van der Waals surface area contributed by atoms with Crippen LogP contribution in [-0.4, -0.2) is 10.5 Å². The molecule has 0 saturated carbocycles. The number of aliphatic hydroxyl groups excluding tert-OH is 1. The first-order chi connectivity index (χ1) is 5.74. The molecule has 1 rings (SSSR count). The molecule has 0 amide bonds. The Morgan fingerprint density at radius 1 is 1.33 bits per heavy atom. The lowest BCUT2D eigenvalue weighted by Crippen LogP contribution is -2.01. The molecule has 1 N–H and O–H groups in total. The molecule has 0 radical (unpaired) electrons. The molecule has 1 atom stereocenters. The number of hydrogen-bond donors (Lipinski definition) is 1. The van der Waals surface area contributed by atoms with Gasteiger partial charge in [-0.15, -0.1) is 11.6 Å². The lowest BCUT2D eigenvalue weighted by Gasteiger charge is -2.07. The van der Waals surface area contributed by atoms with Gasteiger partial charge in [0.15, 0.2) is 0 Å². The van der Waals surface area contributed by atoms with Crippen LogP contribution in [0, 0.1) is 0 Å². The Bertz CT molecular complexity index is 245. The van der Waals surface area contributed by atoms with E-state index in [1.54, 1.807) is 0 Å². The number of benzene rings is 1. The van der Waals surface area contributed by atoms with Crippen LogP contribution >= 0.6 is 11.6 Å². The molecule has 66 valence electrons. The van der Waals surface area contributed by atoms with Gasteiger partial charge in [0, 0.05) is 5.38 Å². The van der Waals surface area contributed by atoms with Crippen LogP contribution in [0.4, 0.5) is 0 Å². The maximum absolute atomic E-state index is 8.99. The molecule has 0 heterocycles. The summed E-state index contributed by atoms with van der Waals surface area (Å²) in [5, 5.41) is 9.11. The number of alkyl halides is 1. The molecule has 1 aromatic carbocycles. The molecular weight excluding hydrogens is 172 g/mol. The standard InChI is InChI=1S/C10H13ClO/c1-8(11)6-9-4-2-3-5-10(9)7-12/h2-5,8,12H,6-7H2,1H3/t8-/m1/s1. The molecule has 2 heteroatoms. The predicted molar refractivity (Wildman–Crippen MR) is 51.4 cm³/mol. The van der Waals surface area contributed by atoms with Crippen LogP contribution in [0.1, 0.15) is 18.1 Å². The first-order valence-corrected chi connectivity index (χ1v) is 4.49. The Morgan fingerprint density at radius 2 is 1.92 bits per heavy atom. The second-order valence-electron chi connectivity index (χ2n) is 2.91. The molecule has 0 fully saturated rings. The van der Waals surface area contributed by atoms with E-state index >= 15 is 0 Å². The van der Waals surface area contributed by atoms with Crippen molar-refractivity contribution in [3.05, 3.63) is 35.4 Å². The van der Waals surface area contributed by atoms with Gasteiger partial charge in [0.1, 0.15) is 0 Å². The Kier molecular flexibility index (Phi) is 3.57. The summed E-state index contributed by atoms with van der Waals surface area (Å²) in [4.78, 5) is 0. The molecule has 12 heavy (non-hydrogen) atoms. The maximum atomic E-state index is 8.99. The molecule has 0 spiro atoms. The van der Waals surface area contributed by atoms with E-state index in [4.69, 9.17) is 16.7 Å². The molecule has 0 aliphatic carbocycles. The summed E-state index contributed by atoms with van der Waals surface area (Å²) in [7, 11) is 0. The van der Waals surface area contributed by atoms with Crippen molar-refractivity contribution in [3.8, 4) is 0 Å². The predicted octanol–water partition coefficient (Wildman–Crippen LogP) is 2.35. The normalized spacial score (nSPS) is 12.9. The summed E-state index contributed by atoms with van der Waals surface area (Å²) in [5.41, 5.74) is 2.12. The van der Waals surface area contributed by atoms with Gasteiger partial charge in [-0.1, -0.05) is 24.3 Å². The molecule has 0 aromatic heterocycles. The summed E-state index contributed by atoms with van der Waals surface area (Å²) < 4.78 is 0. The number of hydrogen-bond acceptors (Lipinski definition) is 1. The maximum Gasteiger partial charge on any atom is 0.0684 e. The molecule has 0 unspecified atom stereocenters. The molecular formula is C10H13ClO. The highest BCUT2D eigenvalue weighted by atomic mass is 35.5. The second-order valence-corrected chi connectivity index (χ2v) is 3.66. The van der Waals surface area contributed by atoms with E-state index in [1.807, 2.05) is 31.2 Å². The fourth-order valence-electron chi connectivity index (χ4n) is 1.21. The van der Waals surface area contributed by atoms with Crippen molar-refractivity contribution in [1.82, 2.24) is 0 Å². The van der Waals surface area contributed by atoms with Crippen molar-refractivity contribution >= 4 is 11.6 Å². The van der Waals surface area contributed by atoms with E-state index in [0.29, 0.717) is 0 Å². The minimum atomic E-state index is 0.0970. The van der Waals surface area contributed by atoms with E-state index in [2.05, 4.69) is 0 Å². The van der Waals surface area contributed by atoms with E-state index in [9.17, 15) is 0 Å². The minimum Gasteiger partial charge on any atom is -0.392 e. The Hall–Kier alpha value is -0.530. The van der Waals surface area contributed by atoms with Gasteiger partial charge in [-0.3, -0.25) is 0 Å². The lowest BCUT2D eigenvalue weighted by atomic mass is 10.0. The third-order valence-corrected chi connectivity index (χ3v) is 1.94. The van der Waals surface area contributed by atoms with E-state index in [-0.39, 0.29) is 12.0 Å². The highest BCUT2D eigenvalue weighted by Crippen LogP contribution is 2.13. The number of halogens is 1. The first-order valence-electron chi connectivity index (χ1n) is 4.05. The fraction of sp³-hybridized carbons (Fsp3) is 0.400. The van der Waals surface area contributed by atoms with Gasteiger partial charge < -0.3 is 5.11 Å². The van der Waals surface area contributed by atoms with Gasteiger partial charge in [0.05, 0.1) is 6.61 Å². The first kappa shape index (κ1) is 9.56. The van der Waals surface area contributed by atoms with Crippen LogP contribution < -0.4 is 0 Å². The largest absolute Gasteiger partial charge is 0.392 e. The van der Waals surface area contributed by atoms with Crippen LogP contribution in [0.3, 0.4) is 0 Å². The van der Waals surface area contributed by atoms with E-state index < -0.39 is 0 Å². The highest BCUT2D eigenvalue weighted by molar-refractivity contribution is 6.20. The SMILES string of the molecule is C[C@@H](Cl)Cc1ccccc1CO. The fourth-order valence-corrected chi connectivity index (χ4v) is 1.38. The number of rotatable bonds is 3. The van der Waals surface area contributed by atoms with Crippen molar-refractivity contribution in [2.24, 2.45) is 0 Å². The van der Waals surface area contributed by atoms with Crippen LogP contribution in [0.15, 0.2) is 24.3 Å². The average molecular weight is 185 g/mol. The Labute approximate surface area is 78.0 Å². The zero-order valence-electron chi connectivity index (χ0n) is 7.13. The zero-order valence-corrected chi connectivity index (χ0v) is 7.88.